The van der Waals surface area contributed by atoms with Crippen molar-refractivity contribution < 1.29 is 0 Å². The van der Waals surface area contributed by atoms with E-state index in [1.165, 1.54) is 11.1 Å². The van der Waals surface area contributed by atoms with Gasteiger partial charge in [-0.25, -0.2) is 0 Å². The van der Waals surface area contributed by atoms with Gasteiger partial charge < -0.3 is 4.90 Å². The second-order valence-electron chi connectivity index (χ2n) is 7.16. The highest BCUT2D eigenvalue weighted by Gasteiger charge is 2.09. The minimum Gasteiger partial charge on any atom is -0.363 e. The molecule has 0 aliphatic heterocycles. The summed E-state index contributed by atoms with van der Waals surface area (Å²) in [5.74, 6) is 0. The van der Waals surface area contributed by atoms with Crippen molar-refractivity contribution in [2.24, 2.45) is 4.99 Å². The van der Waals surface area contributed by atoms with Crippen LogP contribution in [0.3, 0.4) is 0 Å². The number of nitrogens with zero attached hydrogens (tertiary/aromatic N) is 2. The van der Waals surface area contributed by atoms with Crippen molar-refractivity contribution in [2.75, 3.05) is 4.90 Å². The highest BCUT2D eigenvalue weighted by atomic mass is 35.5. The topological polar surface area (TPSA) is 15.6 Å². The molecule has 30 heavy (non-hydrogen) atoms. The lowest BCUT2D eigenvalue weighted by molar-refractivity contribution is 0.800. The van der Waals surface area contributed by atoms with Gasteiger partial charge in [0.2, 0.25) is 0 Å². The van der Waals surface area contributed by atoms with Gasteiger partial charge in [0.1, 0.15) is 0 Å². The van der Waals surface area contributed by atoms with E-state index < -0.39 is 0 Å². The molecule has 0 aliphatic carbocycles. The van der Waals surface area contributed by atoms with E-state index in [-0.39, 0.29) is 0 Å². The summed E-state index contributed by atoms with van der Waals surface area (Å²) >= 11 is 5.97. The van der Waals surface area contributed by atoms with Gasteiger partial charge in [-0.1, -0.05) is 90.5 Å². The summed E-state index contributed by atoms with van der Waals surface area (Å²) in [6.45, 7) is 1.67. The summed E-state index contributed by atoms with van der Waals surface area (Å²) in [4.78, 5) is 7.05. The number of halogens is 1. The molecule has 0 saturated carbocycles. The normalized spacial score (nSPS) is 11.0. The number of hydrogen-bond donors (Lipinski definition) is 0. The fraction of sp³-hybridized carbons (Fsp3) is 0.0741. The monoisotopic (exact) mass is 410 g/mol. The molecule has 0 N–H and O–H groups in total. The first kappa shape index (κ1) is 19.9. The molecule has 0 aliphatic rings. The van der Waals surface area contributed by atoms with E-state index in [9.17, 15) is 0 Å². The first-order chi connectivity index (χ1) is 14.8. The average molecular weight is 411 g/mol. The van der Waals surface area contributed by atoms with Crippen LogP contribution in [0.15, 0.2) is 114 Å². The highest BCUT2D eigenvalue weighted by molar-refractivity contribution is 6.30. The van der Waals surface area contributed by atoms with E-state index in [2.05, 4.69) is 88.8 Å². The van der Waals surface area contributed by atoms with Gasteiger partial charge in [-0.05, 0) is 47.0 Å². The number of benzene rings is 4. The molecule has 0 spiro atoms. The standard InChI is InChI=1S/C27H23ClN2/c28-25-16-14-22(15-17-25)19-29-26-12-7-13-27(18-26)30(20-23-8-3-1-4-9-23)21-24-10-5-2-6-11-24/h1-19H,20-21H2. The van der Waals surface area contributed by atoms with Crippen molar-refractivity contribution in [2.45, 2.75) is 13.1 Å². The highest BCUT2D eigenvalue weighted by Crippen LogP contribution is 2.25. The Balaban J connectivity index is 1.59. The van der Waals surface area contributed by atoms with E-state index >= 15 is 0 Å². The quantitative estimate of drug-likeness (QED) is 0.292. The van der Waals surface area contributed by atoms with Gasteiger partial charge in [0.25, 0.3) is 0 Å². The largest absolute Gasteiger partial charge is 0.363 e. The molecule has 0 heterocycles. The van der Waals surface area contributed by atoms with Crippen molar-refractivity contribution in [3.8, 4) is 0 Å². The second kappa shape index (κ2) is 9.91. The minimum atomic E-state index is 0.728. The van der Waals surface area contributed by atoms with Crippen LogP contribution in [0.2, 0.25) is 5.02 Å². The molecule has 0 aromatic heterocycles. The molecular weight excluding hydrogens is 388 g/mol. The lowest BCUT2D eigenvalue weighted by atomic mass is 10.1. The summed E-state index contributed by atoms with van der Waals surface area (Å²) < 4.78 is 0. The van der Waals surface area contributed by atoms with Crippen LogP contribution >= 0.6 is 11.6 Å². The van der Waals surface area contributed by atoms with E-state index in [0.717, 1.165) is 35.1 Å². The summed E-state index contributed by atoms with van der Waals surface area (Å²) in [5.41, 5.74) is 5.66. The lowest BCUT2D eigenvalue weighted by Gasteiger charge is -2.25. The molecule has 2 nitrogen and oxygen atoms in total. The first-order valence-corrected chi connectivity index (χ1v) is 10.4. The van der Waals surface area contributed by atoms with Crippen LogP contribution in [0.5, 0.6) is 0 Å². The summed E-state index contributed by atoms with van der Waals surface area (Å²) in [6, 6.07) is 37.2. The van der Waals surface area contributed by atoms with Crippen molar-refractivity contribution >= 4 is 29.2 Å². The molecule has 0 fully saturated rings. The third kappa shape index (κ3) is 5.59. The summed E-state index contributed by atoms with van der Waals surface area (Å²) in [5, 5.41) is 0.728. The third-order valence-electron chi connectivity index (χ3n) is 4.86. The molecule has 0 amide bonds. The Labute approximate surface area is 183 Å². The maximum atomic E-state index is 5.97. The van der Waals surface area contributed by atoms with Crippen molar-refractivity contribution in [3.63, 3.8) is 0 Å². The van der Waals surface area contributed by atoms with Crippen molar-refractivity contribution in [1.82, 2.24) is 0 Å². The first-order valence-electron chi connectivity index (χ1n) is 9.99. The molecule has 0 atom stereocenters. The molecule has 0 saturated heterocycles. The number of rotatable bonds is 7. The van der Waals surface area contributed by atoms with Gasteiger partial charge in [0.15, 0.2) is 0 Å². The summed E-state index contributed by atoms with van der Waals surface area (Å²) in [6.07, 6.45) is 1.87. The fourth-order valence-electron chi connectivity index (χ4n) is 3.31. The smallest absolute Gasteiger partial charge is 0.0650 e. The lowest BCUT2D eigenvalue weighted by Crippen LogP contribution is -2.22. The van der Waals surface area contributed by atoms with Gasteiger partial charge in [0.05, 0.1) is 5.69 Å². The molecule has 0 unspecified atom stereocenters. The van der Waals surface area contributed by atoms with E-state index in [0.29, 0.717) is 0 Å². The molecule has 148 valence electrons. The van der Waals surface area contributed by atoms with Gasteiger partial charge in [-0.2, -0.15) is 0 Å². The van der Waals surface area contributed by atoms with Crippen molar-refractivity contribution in [3.05, 3.63) is 131 Å². The zero-order valence-corrected chi connectivity index (χ0v) is 17.4. The molecule has 3 heteroatoms. The maximum Gasteiger partial charge on any atom is 0.0650 e. The predicted molar refractivity (Wildman–Crippen MR) is 128 cm³/mol. The Morgan fingerprint density at radius 1 is 0.667 bits per heavy atom. The average Bonchev–Trinajstić information content (AvgIpc) is 2.80. The SMILES string of the molecule is Clc1ccc(C=Nc2cccc(N(Cc3ccccc3)Cc3ccccc3)c2)cc1. The predicted octanol–water partition coefficient (Wildman–Crippen LogP) is 7.30. The van der Waals surface area contributed by atoms with Crippen LogP contribution in [0.25, 0.3) is 0 Å². The minimum absolute atomic E-state index is 0.728. The van der Waals surface area contributed by atoms with E-state index in [4.69, 9.17) is 11.6 Å². The van der Waals surface area contributed by atoms with Gasteiger partial charge in [-0.15, -0.1) is 0 Å². The molecule has 4 aromatic rings. The molecule has 0 bridgehead atoms. The van der Waals surface area contributed by atoms with Crippen LogP contribution in [0.4, 0.5) is 11.4 Å². The van der Waals surface area contributed by atoms with Gasteiger partial charge in [0, 0.05) is 30.0 Å². The van der Waals surface area contributed by atoms with Crippen LogP contribution in [0, 0.1) is 0 Å². The fourth-order valence-corrected chi connectivity index (χ4v) is 3.44. The number of aliphatic imine (C=N–C) groups is 1. The molecule has 0 radical (unpaired) electrons. The Kier molecular flexibility index (Phi) is 6.58. The van der Waals surface area contributed by atoms with Crippen LogP contribution in [0.1, 0.15) is 16.7 Å². The Hall–Kier alpha value is -3.36. The van der Waals surface area contributed by atoms with Crippen LogP contribution in [-0.2, 0) is 13.1 Å². The van der Waals surface area contributed by atoms with Crippen LogP contribution < -0.4 is 4.90 Å². The van der Waals surface area contributed by atoms with Crippen molar-refractivity contribution in [1.29, 1.82) is 0 Å². The Morgan fingerprint density at radius 3 is 1.87 bits per heavy atom. The molecule has 4 aromatic carbocycles. The molecule has 4 rings (SSSR count). The second-order valence-corrected chi connectivity index (χ2v) is 7.59. The zero-order valence-electron chi connectivity index (χ0n) is 16.7. The number of hydrogen-bond acceptors (Lipinski definition) is 2. The third-order valence-corrected chi connectivity index (χ3v) is 5.11. The Morgan fingerprint density at radius 2 is 1.27 bits per heavy atom. The Bertz CT molecular complexity index is 1050. The number of anilines is 1. The van der Waals surface area contributed by atoms with E-state index in [1.54, 1.807) is 0 Å². The maximum absolute atomic E-state index is 5.97. The zero-order chi connectivity index (χ0) is 20.6. The van der Waals surface area contributed by atoms with Crippen LogP contribution in [-0.4, -0.2) is 6.21 Å². The molecular formula is C27H23ClN2. The van der Waals surface area contributed by atoms with Gasteiger partial charge in [-0.3, -0.25) is 4.99 Å². The van der Waals surface area contributed by atoms with E-state index in [1.807, 2.05) is 36.5 Å². The van der Waals surface area contributed by atoms with Gasteiger partial charge >= 0.3 is 0 Å². The summed E-state index contributed by atoms with van der Waals surface area (Å²) in [7, 11) is 0.